The summed E-state index contributed by atoms with van der Waals surface area (Å²) in [5.74, 6) is 1.92. The fraction of sp³-hybridized carbons (Fsp3) is 0.857. The number of rotatable bonds is 6. The molecule has 0 radical (unpaired) electrons. The van der Waals surface area contributed by atoms with Gasteiger partial charge in [0.1, 0.15) is 22.7 Å². The van der Waals surface area contributed by atoms with Crippen molar-refractivity contribution in [2.45, 2.75) is 51.6 Å². The summed E-state index contributed by atoms with van der Waals surface area (Å²) in [6.45, 7) is 11.9. The molecule has 22 heavy (non-hydrogen) atoms. The normalized spacial score (nSPS) is 22.4. The number of amidine groups is 2. The predicted octanol–water partition coefficient (Wildman–Crippen LogP) is 2.62. The van der Waals surface area contributed by atoms with E-state index in [4.69, 9.17) is 0 Å². The average molecular weight is 351 g/mol. The van der Waals surface area contributed by atoms with Gasteiger partial charge in [0.2, 0.25) is 0 Å². The first-order chi connectivity index (χ1) is 9.54. The smallest absolute Gasteiger partial charge is 0.135 e. The van der Waals surface area contributed by atoms with Gasteiger partial charge in [-0.3, -0.25) is 9.98 Å². The van der Waals surface area contributed by atoms with Gasteiger partial charge < -0.3 is 10.6 Å². The first-order valence-corrected chi connectivity index (χ1v) is 7.56. The van der Waals surface area contributed by atoms with Crippen LogP contribution in [0.3, 0.4) is 0 Å². The molecule has 0 amide bonds. The van der Waals surface area contributed by atoms with E-state index < -0.39 is 0 Å². The van der Waals surface area contributed by atoms with Crippen molar-refractivity contribution in [1.82, 2.24) is 10.6 Å². The summed E-state index contributed by atoms with van der Waals surface area (Å²) in [4.78, 5) is 9.02. The van der Waals surface area contributed by atoms with E-state index in [9.17, 15) is 0 Å². The van der Waals surface area contributed by atoms with Crippen LogP contribution in [0.2, 0.25) is 0 Å². The van der Waals surface area contributed by atoms with Gasteiger partial charge in [-0.2, -0.15) is 10.2 Å². The van der Waals surface area contributed by atoms with Gasteiger partial charge in [-0.05, 0) is 26.7 Å². The molecule has 0 saturated carbocycles. The molecule has 8 heteroatoms. The lowest BCUT2D eigenvalue weighted by molar-refractivity contribution is 0.485. The van der Waals surface area contributed by atoms with Crippen molar-refractivity contribution in [2.24, 2.45) is 20.2 Å². The third-order valence-electron chi connectivity index (χ3n) is 4.24. The monoisotopic (exact) mass is 350 g/mol. The summed E-state index contributed by atoms with van der Waals surface area (Å²) >= 11 is 0. The van der Waals surface area contributed by atoms with Crippen molar-refractivity contribution in [3.05, 3.63) is 0 Å². The molecule has 0 aliphatic carbocycles. The van der Waals surface area contributed by atoms with Crippen LogP contribution in [0.1, 0.15) is 40.5 Å². The van der Waals surface area contributed by atoms with Gasteiger partial charge in [-0.25, -0.2) is 0 Å². The molecule has 6 nitrogen and oxygen atoms in total. The van der Waals surface area contributed by atoms with Gasteiger partial charge in [0.25, 0.3) is 0 Å². The van der Waals surface area contributed by atoms with E-state index in [1.807, 2.05) is 0 Å². The maximum absolute atomic E-state index is 4.65. The number of azo groups is 1. The largest absolute Gasteiger partial charge is 0.370 e. The van der Waals surface area contributed by atoms with E-state index in [0.29, 0.717) is 0 Å². The quantitative estimate of drug-likeness (QED) is 0.722. The number of nitrogens with zero attached hydrogens (tertiary/aromatic N) is 4. The molecule has 2 aliphatic heterocycles. The lowest BCUT2D eigenvalue weighted by atomic mass is 9.97. The maximum atomic E-state index is 4.65. The fourth-order valence-electron chi connectivity index (χ4n) is 2.31. The van der Waals surface area contributed by atoms with Crippen LogP contribution >= 0.6 is 24.8 Å². The van der Waals surface area contributed by atoms with Gasteiger partial charge in [-0.1, -0.05) is 13.8 Å². The number of halogens is 2. The third-order valence-corrected chi connectivity index (χ3v) is 4.24. The summed E-state index contributed by atoms with van der Waals surface area (Å²) in [5, 5.41) is 16.0. The maximum Gasteiger partial charge on any atom is 0.135 e. The highest BCUT2D eigenvalue weighted by Crippen LogP contribution is 2.24. The van der Waals surface area contributed by atoms with Crippen molar-refractivity contribution in [2.75, 3.05) is 26.2 Å². The van der Waals surface area contributed by atoms with Crippen LogP contribution < -0.4 is 10.6 Å². The summed E-state index contributed by atoms with van der Waals surface area (Å²) in [7, 11) is 0. The molecule has 0 spiro atoms. The minimum absolute atomic E-state index is 0. The Morgan fingerprint density at radius 1 is 0.864 bits per heavy atom. The molecule has 2 aliphatic rings. The van der Waals surface area contributed by atoms with Crippen molar-refractivity contribution >= 4 is 36.5 Å². The SMILES string of the molecule is CCC(C)(N=NC(C)(CC)C1=NCCN1)C1=NCCN1.Cl.Cl. The lowest BCUT2D eigenvalue weighted by Gasteiger charge is -2.27. The second kappa shape index (κ2) is 8.67. The molecule has 0 fully saturated rings. The molecular weight excluding hydrogens is 323 g/mol. The Morgan fingerprint density at radius 2 is 1.23 bits per heavy atom. The van der Waals surface area contributed by atoms with Crippen molar-refractivity contribution in [3.63, 3.8) is 0 Å². The van der Waals surface area contributed by atoms with Crippen LogP contribution in [-0.4, -0.2) is 48.9 Å². The Bertz CT molecular complexity index is 411. The topological polar surface area (TPSA) is 73.5 Å². The zero-order valence-electron chi connectivity index (χ0n) is 13.8. The second-order valence-electron chi connectivity index (χ2n) is 5.77. The van der Waals surface area contributed by atoms with Crippen LogP contribution in [0.4, 0.5) is 0 Å². The number of aliphatic imine (C=N–C) groups is 2. The van der Waals surface area contributed by atoms with Crippen molar-refractivity contribution in [3.8, 4) is 0 Å². The minimum atomic E-state index is -0.355. The van der Waals surface area contributed by atoms with E-state index in [1.165, 1.54) is 0 Å². The van der Waals surface area contributed by atoms with Crippen LogP contribution in [0, 0.1) is 0 Å². The van der Waals surface area contributed by atoms with E-state index >= 15 is 0 Å². The molecule has 0 aromatic heterocycles. The van der Waals surface area contributed by atoms with Gasteiger partial charge in [-0.15, -0.1) is 24.8 Å². The minimum Gasteiger partial charge on any atom is -0.370 e. The second-order valence-corrected chi connectivity index (χ2v) is 5.77. The van der Waals surface area contributed by atoms with Crippen LogP contribution in [-0.2, 0) is 0 Å². The highest BCUT2D eigenvalue weighted by molar-refractivity contribution is 5.93. The number of hydrogen-bond donors (Lipinski definition) is 2. The molecule has 0 bridgehead atoms. The summed E-state index contributed by atoms with van der Waals surface area (Å²) in [6, 6.07) is 0. The van der Waals surface area contributed by atoms with Gasteiger partial charge in [0, 0.05) is 13.1 Å². The number of hydrogen-bond acceptors (Lipinski definition) is 6. The molecule has 2 unspecified atom stereocenters. The zero-order chi connectivity index (χ0) is 14.6. The van der Waals surface area contributed by atoms with Crippen LogP contribution in [0.15, 0.2) is 20.2 Å². The van der Waals surface area contributed by atoms with Crippen molar-refractivity contribution < 1.29 is 0 Å². The molecule has 0 aromatic carbocycles. The molecule has 2 atom stereocenters. The van der Waals surface area contributed by atoms with Crippen LogP contribution in [0.25, 0.3) is 0 Å². The van der Waals surface area contributed by atoms with Crippen molar-refractivity contribution in [1.29, 1.82) is 0 Å². The molecule has 0 aromatic rings. The Kier molecular flexibility index (Phi) is 8.33. The Morgan fingerprint density at radius 3 is 1.45 bits per heavy atom. The van der Waals surface area contributed by atoms with E-state index in [-0.39, 0.29) is 35.9 Å². The highest BCUT2D eigenvalue weighted by Gasteiger charge is 2.35. The molecular formula is C14H28Cl2N6. The average Bonchev–Trinajstić information content (AvgIpc) is 3.16. The first kappa shape index (κ1) is 21.1. The molecule has 2 heterocycles. The first-order valence-electron chi connectivity index (χ1n) is 7.56. The Labute approximate surface area is 145 Å². The third kappa shape index (κ3) is 4.32. The fourth-order valence-corrected chi connectivity index (χ4v) is 2.31. The predicted molar refractivity (Wildman–Crippen MR) is 97.4 cm³/mol. The zero-order valence-corrected chi connectivity index (χ0v) is 15.5. The number of nitrogens with one attached hydrogen (secondary N) is 2. The van der Waals surface area contributed by atoms with Gasteiger partial charge in [0.15, 0.2) is 0 Å². The Balaban J connectivity index is 0.00000220. The standard InChI is InChI=1S/C14H26N6.2ClH/c1-5-13(3,11-15-7-8-16-11)19-20-14(4,6-2)12-17-9-10-18-12;;/h5-10H2,1-4H3,(H,15,16)(H,17,18);2*1H. The van der Waals surface area contributed by atoms with Crippen LogP contribution in [0.5, 0.6) is 0 Å². The van der Waals surface area contributed by atoms with Gasteiger partial charge >= 0.3 is 0 Å². The van der Waals surface area contributed by atoms with Gasteiger partial charge in [0.05, 0.1) is 13.1 Å². The summed E-state index contributed by atoms with van der Waals surface area (Å²) in [5.41, 5.74) is -0.710. The molecule has 2 N–H and O–H groups in total. The summed E-state index contributed by atoms with van der Waals surface area (Å²) < 4.78 is 0. The summed E-state index contributed by atoms with van der Waals surface area (Å²) in [6.07, 6.45) is 1.75. The van der Waals surface area contributed by atoms with E-state index in [1.54, 1.807) is 0 Å². The van der Waals surface area contributed by atoms with E-state index in [2.05, 4.69) is 58.5 Å². The lowest BCUT2D eigenvalue weighted by Crippen LogP contribution is -2.43. The molecule has 128 valence electrons. The molecule has 0 saturated heterocycles. The Hall–Kier alpha value is -0.880. The highest BCUT2D eigenvalue weighted by atomic mass is 35.5. The van der Waals surface area contributed by atoms with E-state index in [0.717, 1.165) is 50.7 Å². The molecule has 2 rings (SSSR count).